The first kappa shape index (κ1) is 12.8. The molecule has 1 amide bonds. The number of aryl methyl sites for hydroxylation is 1. The molecular formula is C12H13BrN4O. The van der Waals surface area contributed by atoms with Crippen molar-refractivity contribution in [2.45, 2.75) is 20.0 Å². The largest absolute Gasteiger partial charge is 0.346 e. The Labute approximate surface area is 113 Å². The molecule has 0 saturated heterocycles. The highest BCUT2D eigenvalue weighted by Crippen LogP contribution is 2.12. The number of nitrogens with zero attached hydrogens (tertiary/aromatic N) is 3. The Morgan fingerprint density at radius 1 is 1.50 bits per heavy atom. The number of aromatic nitrogens is 3. The van der Waals surface area contributed by atoms with E-state index in [0.717, 1.165) is 12.2 Å². The van der Waals surface area contributed by atoms with E-state index in [1.165, 1.54) is 0 Å². The maximum Gasteiger partial charge on any atom is 0.254 e. The van der Waals surface area contributed by atoms with Crippen LogP contribution < -0.4 is 5.32 Å². The van der Waals surface area contributed by atoms with Gasteiger partial charge in [-0.3, -0.25) is 9.48 Å². The Kier molecular flexibility index (Phi) is 4.09. The summed E-state index contributed by atoms with van der Waals surface area (Å²) in [7, 11) is 0. The zero-order chi connectivity index (χ0) is 13.0. The van der Waals surface area contributed by atoms with E-state index in [1.807, 2.05) is 23.9 Å². The molecule has 0 atom stereocenters. The molecule has 0 unspecified atom stereocenters. The zero-order valence-electron chi connectivity index (χ0n) is 9.93. The number of rotatable bonds is 4. The molecule has 2 aromatic rings. The van der Waals surface area contributed by atoms with E-state index in [-0.39, 0.29) is 5.91 Å². The number of halogens is 1. The summed E-state index contributed by atoms with van der Waals surface area (Å²) in [4.78, 5) is 15.9. The number of hydrogen-bond acceptors (Lipinski definition) is 3. The number of pyridine rings is 1. The summed E-state index contributed by atoms with van der Waals surface area (Å²) < 4.78 is 2.36. The van der Waals surface area contributed by atoms with Gasteiger partial charge in [0.2, 0.25) is 0 Å². The Morgan fingerprint density at radius 3 is 3.00 bits per heavy atom. The lowest BCUT2D eigenvalue weighted by Crippen LogP contribution is -2.23. The van der Waals surface area contributed by atoms with Gasteiger partial charge in [-0.2, -0.15) is 5.10 Å². The molecule has 0 bridgehead atoms. The molecular weight excluding hydrogens is 296 g/mol. The Hall–Kier alpha value is -1.69. The van der Waals surface area contributed by atoms with Crippen molar-refractivity contribution >= 4 is 21.8 Å². The van der Waals surface area contributed by atoms with Crippen LogP contribution in [0.5, 0.6) is 0 Å². The third kappa shape index (κ3) is 2.95. The maximum absolute atomic E-state index is 11.9. The van der Waals surface area contributed by atoms with E-state index in [1.54, 1.807) is 18.3 Å². The molecule has 0 radical (unpaired) electrons. The predicted octanol–water partition coefficient (Wildman–Crippen LogP) is 1.99. The van der Waals surface area contributed by atoms with Crippen LogP contribution in [0.15, 0.2) is 35.2 Å². The van der Waals surface area contributed by atoms with E-state index in [0.29, 0.717) is 16.7 Å². The molecule has 5 nitrogen and oxygen atoms in total. The fourth-order valence-electron chi connectivity index (χ4n) is 1.50. The highest BCUT2D eigenvalue weighted by atomic mass is 79.9. The molecule has 2 aromatic heterocycles. The van der Waals surface area contributed by atoms with Gasteiger partial charge < -0.3 is 5.32 Å². The molecule has 2 rings (SSSR count). The van der Waals surface area contributed by atoms with Gasteiger partial charge in [0.05, 0.1) is 17.8 Å². The molecule has 0 aliphatic carbocycles. The number of carbonyl (C=O) groups excluding carboxylic acids is 1. The van der Waals surface area contributed by atoms with Crippen LogP contribution in [0, 0.1) is 0 Å². The topological polar surface area (TPSA) is 59.8 Å². The van der Waals surface area contributed by atoms with Crippen LogP contribution in [-0.4, -0.2) is 20.7 Å². The van der Waals surface area contributed by atoms with E-state index < -0.39 is 0 Å². The van der Waals surface area contributed by atoms with Gasteiger partial charge in [-0.25, -0.2) is 4.98 Å². The van der Waals surface area contributed by atoms with E-state index >= 15 is 0 Å². The second kappa shape index (κ2) is 5.77. The summed E-state index contributed by atoms with van der Waals surface area (Å²) in [5.41, 5.74) is 1.36. The molecule has 0 spiro atoms. The Balaban J connectivity index is 1.98. The predicted molar refractivity (Wildman–Crippen MR) is 71.0 cm³/mol. The number of carbonyl (C=O) groups is 1. The SMILES string of the molecule is CCn1ccc(CNC(=O)c2cccnc2Br)n1. The van der Waals surface area contributed by atoms with Crippen LogP contribution in [0.2, 0.25) is 0 Å². The van der Waals surface area contributed by atoms with Gasteiger partial charge >= 0.3 is 0 Å². The number of amides is 1. The quantitative estimate of drug-likeness (QED) is 0.879. The minimum absolute atomic E-state index is 0.166. The van der Waals surface area contributed by atoms with Crippen LogP contribution in [0.1, 0.15) is 23.0 Å². The van der Waals surface area contributed by atoms with Crippen LogP contribution in [0.25, 0.3) is 0 Å². The van der Waals surface area contributed by atoms with E-state index in [9.17, 15) is 4.79 Å². The first-order valence-electron chi connectivity index (χ1n) is 5.61. The van der Waals surface area contributed by atoms with Gasteiger partial charge in [0, 0.05) is 18.9 Å². The third-order valence-corrected chi connectivity index (χ3v) is 3.09. The fourth-order valence-corrected chi connectivity index (χ4v) is 1.93. The fraction of sp³-hybridized carbons (Fsp3) is 0.250. The van der Waals surface area contributed by atoms with Crippen molar-refractivity contribution in [1.82, 2.24) is 20.1 Å². The first-order chi connectivity index (χ1) is 8.70. The summed E-state index contributed by atoms with van der Waals surface area (Å²) >= 11 is 3.25. The van der Waals surface area contributed by atoms with Crippen LogP contribution in [-0.2, 0) is 13.1 Å². The highest BCUT2D eigenvalue weighted by Gasteiger charge is 2.10. The normalized spacial score (nSPS) is 10.3. The number of nitrogens with one attached hydrogen (secondary N) is 1. The van der Waals surface area contributed by atoms with Crippen LogP contribution >= 0.6 is 15.9 Å². The van der Waals surface area contributed by atoms with E-state index in [4.69, 9.17) is 0 Å². The third-order valence-electron chi connectivity index (χ3n) is 2.45. The molecule has 18 heavy (non-hydrogen) atoms. The van der Waals surface area contributed by atoms with Crippen molar-refractivity contribution < 1.29 is 4.79 Å². The lowest BCUT2D eigenvalue weighted by atomic mass is 10.2. The molecule has 0 aliphatic heterocycles. The standard InChI is InChI=1S/C12H13BrN4O/c1-2-17-7-5-9(16-17)8-15-12(18)10-4-3-6-14-11(10)13/h3-7H,2,8H2,1H3,(H,15,18). The molecule has 1 N–H and O–H groups in total. The summed E-state index contributed by atoms with van der Waals surface area (Å²) in [5, 5.41) is 7.10. The molecule has 6 heteroatoms. The van der Waals surface area contributed by atoms with Crippen molar-refractivity contribution in [3.05, 3.63) is 46.5 Å². The summed E-state index contributed by atoms with van der Waals surface area (Å²) in [6.45, 7) is 3.25. The Morgan fingerprint density at radius 2 is 2.33 bits per heavy atom. The van der Waals surface area contributed by atoms with Gasteiger partial charge in [0.1, 0.15) is 4.60 Å². The van der Waals surface area contributed by atoms with Gasteiger partial charge in [0.25, 0.3) is 5.91 Å². The minimum Gasteiger partial charge on any atom is -0.346 e. The molecule has 0 aromatic carbocycles. The summed E-state index contributed by atoms with van der Waals surface area (Å²) in [6.07, 6.45) is 3.52. The smallest absolute Gasteiger partial charge is 0.254 e. The van der Waals surface area contributed by atoms with Gasteiger partial charge in [-0.1, -0.05) is 0 Å². The molecule has 94 valence electrons. The van der Waals surface area contributed by atoms with Crippen LogP contribution in [0.3, 0.4) is 0 Å². The van der Waals surface area contributed by atoms with Crippen molar-refractivity contribution in [3.8, 4) is 0 Å². The zero-order valence-corrected chi connectivity index (χ0v) is 11.5. The minimum atomic E-state index is -0.166. The molecule has 2 heterocycles. The van der Waals surface area contributed by atoms with Gasteiger partial charge in [0.15, 0.2) is 0 Å². The van der Waals surface area contributed by atoms with Gasteiger partial charge in [-0.15, -0.1) is 0 Å². The maximum atomic E-state index is 11.9. The monoisotopic (exact) mass is 308 g/mol. The van der Waals surface area contributed by atoms with Crippen molar-refractivity contribution in [1.29, 1.82) is 0 Å². The second-order valence-electron chi connectivity index (χ2n) is 3.69. The number of hydrogen-bond donors (Lipinski definition) is 1. The van der Waals surface area contributed by atoms with Crippen LogP contribution in [0.4, 0.5) is 0 Å². The van der Waals surface area contributed by atoms with Crippen molar-refractivity contribution in [3.63, 3.8) is 0 Å². The highest BCUT2D eigenvalue weighted by molar-refractivity contribution is 9.10. The van der Waals surface area contributed by atoms with Gasteiger partial charge in [-0.05, 0) is 41.1 Å². The lowest BCUT2D eigenvalue weighted by Gasteiger charge is -2.04. The average Bonchev–Trinajstić information content (AvgIpc) is 2.84. The second-order valence-corrected chi connectivity index (χ2v) is 4.44. The first-order valence-corrected chi connectivity index (χ1v) is 6.41. The Bertz CT molecular complexity index is 553. The molecule has 0 aliphatic rings. The van der Waals surface area contributed by atoms with Crippen molar-refractivity contribution in [2.24, 2.45) is 0 Å². The molecule has 0 fully saturated rings. The van der Waals surface area contributed by atoms with Crippen molar-refractivity contribution in [2.75, 3.05) is 0 Å². The summed E-state index contributed by atoms with van der Waals surface area (Å²) in [5.74, 6) is -0.166. The summed E-state index contributed by atoms with van der Waals surface area (Å²) in [6, 6.07) is 5.34. The lowest BCUT2D eigenvalue weighted by molar-refractivity contribution is 0.0949. The van der Waals surface area contributed by atoms with E-state index in [2.05, 4.69) is 31.3 Å². The average molecular weight is 309 g/mol. The molecule has 0 saturated carbocycles.